The quantitative estimate of drug-likeness (QED) is 0.514. The fraction of sp³-hybridized carbons (Fsp3) is 0.0714. The Balaban J connectivity index is 2.12. The van der Waals surface area contributed by atoms with E-state index in [9.17, 15) is 19.3 Å². The van der Waals surface area contributed by atoms with Crippen molar-refractivity contribution in [1.29, 1.82) is 0 Å². The van der Waals surface area contributed by atoms with Gasteiger partial charge in [0.1, 0.15) is 0 Å². The van der Waals surface area contributed by atoms with E-state index in [0.29, 0.717) is 0 Å². The standard InChI is InChI=1S/C14H11FN2O4/c15-11-8-10(5-6-13(11)18)16-14(19)7-9-3-1-2-4-12(9)17(20)21/h1-6,8,18H,7H2,(H,16,19). The highest BCUT2D eigenvalue weighted by Gasteiger charge is 2.15. The summed E-state index contributed by atoms with van der Waals surface area (Å²) < 4.78 is 13.1. The zero-order valence-corrected chi connectivity index (χ0v) is 10.7. The van der Waals surface area contributed by atoms with Gasteiger partial charge in [0, 0.05) is 23.4 Å². The van der Waals surface area contributed by atoms with E-state index in [1.807, 2.05) is 0 Å². The molecule has 6 nitrogen and oxygen atoms in total. The van der Waals surface area contributed by atoms with Crippen LogP contribution in [-0.4, -0.2) is 15.9 Å². The van der Waals surface area contributed by atoms with E-state index in [-0.39, 0.29) is 23.4 Å². The molecule has 0 aliphatic rings. The normalized spacial score (nSPS) is 10.1. The van der Waals surface area contributed by atoms with Crippen molar-refractivity contribution in [1.82, 2.24) is 0 Å². The minimum Gasteiger partial charge on any atom is -0.505 e. The summed E-state index contributed by atoms with van der Waals surface area (Å²) in [6.45, 7) is 0. The summed E-state index contributed by atoms with van der Waals surface area (Å²) in [4.78, 5) is 22.1. The van der Waals surface area contributed by atoms with Crippen molar-refractivity contribution in [3.63, 3.8) is 0 Å². The molecule has 0 atom stereocenters. The summed E-state index contributed by atoms with van der Waals surface area (Å²) in [5.74, 6) is -1.90. The Labute approximate surface area is 119 Å². The maximum absolute atomic E-state index is 13.1. The van der Waals surface area contributed by atoms with Gasteiger partial charge < -0.3 is 10.4 Å². The van der Waals surface area contributed by atoms with E-state index in [4.69, 9.17) is 5.11 Å². The van der Waals surface area contributed by atoms with Crippen LogP contribution in [0.15, 0.2) is 42.5 Å². The number of carbonyl (C=O) groups excluding carboxylic acids is 1. The Hall–Kier alpha value is -2.96. The molecule has 0 aromatic heterocycles. The van der Waals surface area contributed by atoms with E-state index in [1.165, 1.54) is 24.3 Å². The molecule has 0 unspecified atom stereocenters. The molecule has 2 aromatic carbocycles. The first kappa shape index (κ1) is 14.4. The molecule has 2 rings (SSSR count). The van der Waals surface area contributed by atoms with Crippen molar-refractivity contribution < 1.29 is 19.2 Å². The molecule has 0 spiro atoms. The molecule has 1 amide bonds. The summed E-state index contributed by atoms with van der Waals surface area (Å²) in [7, 11) is 0. The van der Waals surface area contributed by atoms with Gasteiger partial charge in [-0.2, -0.15) is 0 Å². The molecule has 0 bridgehead atoms. The highest BCUT2D eigenvalue weighted by molar-refractivity contribution is 5.92. The molecule has 0 fully saturated rings. The van der Waals surface area contributed by atoms with Gasteiger partial charge in [-0.1, -0.05) is 18.2 Å². The average molecular weight is 290 g/mol. The number of nitrogens with one attached hydrogen (secondary N) is 1. The van der Waals surface area contributed by atoms with Gasteiger partial charge in [0.25, 0.3) is 5.69 Å². The van der Waals surface area contributed by atoms with E-state index in [0.717, 1.165) is 12.1 Å². The van der Waals surface area contributed by atoms with Gasteiger partial charge >= 0.3 is 0 Å². The number of nitro groups is 1. The summed E-state index contributed by atoms with van der Waals surface area (Å²) >= 11 is 0. The van der Waals surface area contributed by atoms with Crippen molar-refractivity contribution in [3.8, 4) is 5.75 Å². The molecule has 0 heterocycles. The lowest BCUT2D eigenvalue weighted by Gasteiger charge is -2.06. The van der Waals surface area contributed by atoms with Gasteiger partial charge in [-0.05, 0) is 12.1 Å². The maximum atomic E-state index is 13.1. The number of phenols is 1. The largest absolute Gasteiger partial charge is 0.505 e. The summed E-state index contributed by atoms with van der Waals surface area (Å²) in [6, 6.07) is 9.29. The molecule has 0 radical (unpaired) electrons. The van der Waals surface area contributed by atoms with Crippen molar-refractivity contribution in [2.75, 3.05) is 5.32 Å². The van der Waals surface area contributed by atoms with Crippen LogP contribution in [0.3, 0.4) is 0 Å². The number of halogens is 1. The van der Waals surface area contributed by atoms with Gasteiger partial charge in [-0.25, -0.2) is 4.39 Å². The highest BCUT2D eigenvalue weighted by atomic mass is 19.1. The number of aromatic hydroxyl groups is 1. The van der Waals surface area contributed by atoms with Crippen LogP contribution in [-0.2, 0) is 11.2 Å². The second-order valence-corrected chi connectivity index (χ2v) is 4.28. The Bertz CT molecular complexity index is 703. The van der Waals surface area contributed by atoms with Gasteiger partial charge in [0.05, 0.1) is 11.3 Å². The van der Waals surface area contributed by atoms with Crippen LogP contribution >= 0.6 is 0 Å². The second-order valence-electron chi connectivity index (χ2n) is 4.28. The fourth-order valence-corrected chi connectivity index (χ4v) is 1.80. The number of amides is 1. The average Bonchev–Trinajstić information content (AvgIpc) is 2.43. The van der Waals surface area contributed by atoms with Crippen molar-refractivity contribution in [2.24, 2.45) is 0 Å². The summed E-state index contributed by atoms with van der Waals surface area (Å²) in [5, 5.41) is 22.3. The predicted molar refractivity (Wildman–Crippen MR) is 73.5 cm³/mol. The number of hydrogen-bond donors (Lipinski definition) is 2. The molecule has 21 heavy (non-hydrogen) atoms. The zero-order valence-electron chi connectivity index (χ0n) is 10.7. The van der Waals surface area contributed by atoms with Crippen LogP contribution in [0.4, 0.5) is 15.8 Å². The first-order chi connectivity index (χ1) is 9.97. The van der Waals surface area contributed by atoms with Crippen LogP contribution in [0.1, 0.15) is 5.56 Å². The minimum atomic E-state index is -0.863. The van der Waals surface area contributed by atoms with Gasteiger partial charge in [-0.3, -0.25) is 14.9 Å². The molecule has 0 aliphatic heterocycles. The number of nitro benzene ring substituents is 1. The van der Waals surface area contributed by atoms with Crippen LogP contribution in [0.2, 0.25) is 0 Å². The first-order valence-corrected chi connectivity index (χ1v) is 5.98. The lowest BCUT2D eigenvalue weighted by atomic mass is 10.1. The Morgan fingerprint density at radius 2 is 2.00 bits per heavy atom. The Morgan fingerprint density at radius 3 is 2.67 bits per heavy atom. The van der Waals surface area contributed by atoms with Crippen molar-refractivity contribution >= 4 is 17.3 Å². The van der Waals surface area contributed by atoms with Crippen molar-refractivity contribution in [3.05, 3.63) is 64.0 Å². The monoisotopic (exact) mass is 290 g/mol. The lowest BCUT2D eigenvalue weighted by Crippen LogP contribution is -2.15. The van der Waals surface area contributed by atoms with Crippen LogP contribution in [0, 0.1) is 15.9 Å². The molecule has 7 heteroatoms. The molecule has 0 aliphatic carbocycles. The third kappa shape index (κ3) is 3.53. The molecule has 2 N–H and O–H groups in total. The van der Waals surface area contributed by atoms with E-state index >= 15 is 0 Å². The minimum absolute atomic E-state index is 0.149. The van der Waals surface area contributed by atoms with Crippen LogP contribution in [0.25, 0.3) is 0 Å². The summed E-state index contributed by atoms with van der Waals surface area (Å²) in [6.07, 6.45) is -0.209. The zero-order chi connectivity index (χ0) is 15.4. The molecule has 2 aromatic rings. The molecule has 0 saturated carbocycles. The topological polar surface area (TPSA) is 92.5 Å². The number of phenolic OH excluding ortho intramolecular Hbond substituents is 1. The number of anilines is 1. The first-order valence-electron chi connectivity index (χ1n) is 5.98. The molecule has 108 valence electrons. The Morgan fingerprint density at radius 1 is 1.29 bits per heavy atom. The SMILES string of the molecule is O=C(Cc1ccccc1[N+](=O)[O-])Nc1ccc(O)c(F)c1. The Kier molecular flexibility index (Phi) is 4.13. The van der Waals surface area contributed by atoms with Crippen molar-refractivity contribution in [2.45, 2.75) is 6.42 Å². The predicted octanol–water partition coefficient (Wildman–Crippen LogP) is 2.62. The van der Waals surface area contributed by atoms with Crippen LogP contribution in [0.5, 0.6) is 5.75 Å². The fourth-order valence-electron chi connectivity index (χ4n) is 1.80. The maximum Gasteiger partial charge on any atom is 0.273 e. The number of rotatable bonds is 4. The van der Waals surface area contributed by atoms with E-state index in [1.54, 1.807) is 6.07 Å². The third-order valence-corrected chi connectivity index (χ3v) is 2.77. The number of benzene rings is 2. The highest BCUT2D eigenvalue weighted by Crippen LogP contribution is 2.21. The number of nitrogens with zero attached hydrogens (tertiary/aromatic N) is 1. The van der Waals surface area contributed by atoms with E-state index in [2.05, 4.69) is 5.32 Å². The molecule has 0 saturated heterocycles. The van der Waals surface area contributed by atoms with Gasteiger partial charge in [0.15, 0.2) is 11.6 Å². The number of para-hydroxylation sites is 1. The molecular weight excluding hydrogens is 279 g/mol. The smallest absolute Gasteiger partial charge is 0.273 e. The van der Waals surface area contributed by atoms with E-state index < -0.39 is 22.4 Å². The van der Waals surface area contributed by atoms with Crippen LogP contribution < -0.4 is 5.32 Å². The summed E-state index contributed by atoms with van der Waals surface area (Å²) in [5.41, 5.74) is 0.276. The number of carbonyl (C=O) groups is 1. The van der Waals surface area contributed by atoms with Gasteiger partial charge in [-0.15, -0.1) is 0 Å². The third-order valence-electron chi connectivity index (χ3n) is 2.77. The number of hydrogen-bond acceptors (Lipinski definition) is 4. The van der Waals surface area contributed by atoms with Gasteiger partial charge in [0.2, 0.25) is 5.91 Å². The lowest BCUT2D eigenvalue weighted by molar-refractivity contribution is -0.385. The second kappa shape index (κ2) is 6.00. The molecular formula is C14H11FN2O4.